The van der Waals surface area contributed by atoms with E-state index in [4.69, 9.17) is 16.3 Å². The van der Waals surface area contributed by atoms with Crippen LogP contribution in [0.1, 0.15) is 6.92 Å². The maximum Gasteiger partial charge on any atom is 0.0589 e. The summed E-state index contributed by atoms with van der Waals surface area (Å²) in [6.07, 6.45) is 0. The van der Waals surface area contributed by atoms with E-state index in [1.807, 2.05) is 24.3 Å². The van der Waals surface area contributed by atoms with Crippen molar-refractivity contribution in [2.75, 3.05) is 45.2 Å². The van der Waals surface area contributed by atoms with Crippen molar-refractivity contribution in [3.63, 3.8) is 0 Å². The zero-order valence-electron chi connectivity index (χ0n) is 10.6. The molecule has 0 fully saturated rings. The van der Waals surface area contributed by atoms with E-state index < -0.39 is 0 Å². The fourth-order valence-corrected chi connectivity index (χ4v) is 1.70. The first kappa shape index (κ1) is 14.3. The lowest BCUT2D eigenvalue weighted by atomic mass is 10.3. The highest BCUT2D eigenvalue weighted by Gasteiger charge is 2.01. The number of halogens is 1. The van der Waals surface area contributed by atoms with Crippen molar-refractivity contribution in [2.24, 2.45) is 0 Å². The lowest BCUT2D eigenvalue weighted by molar-refractivity contribution is 0.153. The highest BCUT2D eigenvalue weighted by atomic mass is 35.5. The Bertz CT molecular complexity index is 303. The van der Waals surface area contributed by atoms with Crippen LogP contribution >= 0.6 is 11.6 Å². The Hall–Kier alpha value is -0.770. The Morgan fingerprint density at radius 2 is 1.94 bits per heavy atom. The number of nitrogens with zero attached hydrogens (tertiary/aromatic N) is 1. The number of hydrogen-bond acceptors (Lipinski definition) is 3. The SMILES string of the molecule is CCN(CCNc1ccc(Cl)cc1)CCOC. The van der Waals surface area contributed by atoms with Crippen LogP contribution in [-0.4, -0.2) is 44.8 Å². The molecule has 0 atom stereocenters. The summed E-state index contributed by atoms with van der Waals surface area (Å²) in [4.78, 5) is 2.35. The largest absolute Gasteiger partial charge is 0.384 e. The summed E-state index contributed by atoms with van der Waals surface area (Å²) >= 11 is 5.83. The average Bonchev–Trinajstić information content (AvgIpc) is 2.36. The van der Waals surface area contributed by atoms with Gasteiger partial charge in [-0.25, -0.2) is 0 Å². The molecule has 1 aromatic rings. The summed E-state index contributed by atoms with van der Waals surface area (Å²) in [6, 6.07) is 7.78. The Balaban J connectivity index is 2.23. The van der Waals surface area contributed by atoms with Crippen LogP contribution in [0, 0.1) is 0 Å². The van der Waals surface area contributed by atoms with Gasteiger partial charge in [-0.05, 0) is 30.8 Å². The summed E-state index contributed by atoms with van der Waals surface area (Å²) < 4.78 is 5.08. The number of methoxy groups -OCH3 is 1. The first-order valence-electron chi connectivity index (χ1n) is 5.97. The topological polar surface area (TPSA) is 24.5 Å². The molecular weight excluding hydrogens is 236 g/mol. The summed E-state index contributed by atoms with van der Waals surface area (Å²) in [5.74, 6) is 0. The molecule has 0 aliphatic heterocycles. The van der Waals surface area contributed by atoms with Gasteiger partial charge in [-0.3, -0.25) is 4.90 Å². The monoisotopic (exact) mass is 256 g/mol. The zero-order valence-corrected chi connectivity index (χ0v) is 11.3. The quantitative estimate of drug-likeness (QED) is 0.774. The standard InChI is InChI=1S/C13H21ClN2O/c1-3-16(10-11-17-2)9-8-15-13-6-4-12(14)5-7-13/h4-7,15H,3,8-11H2,1-2H3. The molecule has 0 bridgehead atoms. The fourth-order valence-electron chi connectivity index (χ4n) is 1.57. The second-order valence-corrected chi connectivity index (χ2v) is 4.30. The van der Waals surface area contributed by atoms with Crippen molar-refractivity contribution in [1.82, 2.24) is 4.90 Å². The van der Waals surface area contributed by atoms with Crippen LogP contribution in [-0.2, 0) is 4.74 Å². The van der Waals surface area contributed by atoms with Crippen molar-refractivity contribution in [3.8, 4) is 0 Å². The lowest BCUT2D eigenvalue weighted by Crippen LogP contribution is -2.31. The van der Waals surface area contributed by atoms with Crippen LogP contribution in [0.2, 0.25) is 5.02 Å². The second-order valence-electron chi connectivity index (χ2n) is 3.86. The van der Waals surface area contributed by atoms with Gasteiger partial charge in [-0.2, -0.15) is 0 Å². The van der Waals surface area contributed by atoms with Gasteiger partial charge in [0, 0.05) is 37.5 Å². The number of rotatable bonds is 8. The molecule has 17 heavy (non-hydrogen) atoms. The summed E-state index contributed by atoms with van der Waals surface area (Å²) in [5.41, 5.74) is 1.11. The van der Waals surface area contributed by atoms with E-state index >= 15 is 0 Å². The number of benzene rings is 1. The minimum Gasteiger partial charge on any atom is -0.384 e. The number of anilines is 1. The third-order valence-electron chi connectivity index (χ3n) is 2.66. The van der Waals surface area contributed by atoms with Gasteiger partial charge >= 0.3 is 0 Å². The van der Waals surface area contributed by atoms with E-state index in [2.05, 4.69) is 17.1 Å². The minimum atomic E-state index is 0.769. The van der Waals surface area contributed by atoms with Gasteiger partial charge in [0.1, 0.15) is 0 Å². The molecule has 1 aromatic carbocycles. The molecule has 0 spiro atoms. The van der Waals surface area contributed by atoms with E-state index in [-0.39, 0.29) is 0 Å². The Morgan fingerprint density at radius 1 is 1.24 bits per heavy atom. The van der Waals surface area contributed by atoms with Crippen LogP contribution in [0.5, 0.6) is 0 Å². The van der Waals surface area contributed by atoms with Gasteiger partial charge in [0.05, 0.1) is 6.61 Å². The lowest BCUT2D eigenvalue weighted by Gasteiger charge is -2.20. The van der Waals surface area contributed by atoms with Gasteiger partial charge in [0.25, 0.3) is 0 Å². The predicted octanol–water partition coefficient (Wildman–Crippen LogP) is 2.72. The van der Waals surface area contributed by atoms with E-state index in [0.29, 0.717) is 0 Å². The first-order valence-corrected chi connectivity index (χ1v) is 6.34. The van der Waals surface area contributed by atoms with Crippen molar-refractivity contribution in [3.05, 3.63) is 29.3 Å². The Morgan fingerprint density at radius 3 is 2.53 bits per heavy atom. The van der Waals surface area contributed by atoms with E-state index in [1.54, 1.807) is 7.11 Å². The fraction of sp³-hybridized carbons (Fsp3) is 0.538. The predicted molar refractivity (Wildman–Crippen MR) is 73.9 cm³/mol. The van der Waals surface area contributed by atoms with Crippen molar-refractivity contribution >= 4 is 17.3 Å². The highest BCUT2D eigenvalue weighted by Crippen LogP contribution is 2.12. The van der Waals surface area contributed by atoms with Crippen molar-refractivity contribution in [1.29, 1.82) is 0 Å². The number of nitrogens with one attached hydrogen (secondary N) is 1. The molecule has 3 nitrogen and oxygen atoms in total. The van der Waals surface area contributed by atoms with Gasteiger partial charge in [-0.1, -0.05) is 18.5 Å². The van der Waals surface area contributed by atoms with E-state index in [1.165, 1.54) is 0 Å². The Labute approximate surface area is 109 Å². The van der Waals surface area contributed by atoms with Crippen molar-refractivity contribution in [2.45, 2.75) is 6.92 Å². The normalized spacial score (nSPS) is 10.8. The highest BCUT2D eigenvalue weighted by molar-refractivity contribution is 6.30. The van der Waals surface area contributed by atoms with Gasteiger partial charge in [0.15, 0.2) is 0 Å². The van der Waals surface area contributed by atoms with Gasteiger partial charge in [-0.15, -0.1) is 0 Å². The number of likely N-dealkylation sites (N-methyl/N-ethyl adjacent to an activating group) is 1. The average molecular weight is 257 g/mol. The Kier molecular flexibility index (Phi) is 7.01. The van der Waals surface area contributed by atoms with Gasteiger partial charge < -0.3 is 10.1 Å². The zero-order chi connectivity index (χ0) is 12.5. The summed E-state index contributed by atoms with van der Waals surface area (Å²) in [7, 11) is 1.74. The molecule has 96 valence electrons. The molecule has 0 radical (unpaired) electrons. The molecule has 1 N–H and O–H groups in total. The second kappa shape index (κ2) is 8.34. The molecule has 4 heteroatoms. The molecule has 0 aliphatic rings. The van der Waals surface area contributed by atoms with Crippen LogP contribution < -0.4 is 5.32 Å². The third-order valence-corrected chi connectivity index (χ3v) is 2.91. The van der Waals surface area contributed by atoms with Gasteiger partial charge in [0.2, 0.25) is 0 Å². The van der Waals surface area contributed by atoms with E-state index in [9.17, 15) is 0 Å². The molecule has 0 unspecified atom stereocenters. The number of ether oxygens (including phenoxy) is 1. The van der Waals surface area contributed by atoms with Crippen LogP contribution in [0.25, 0.3) is 0 Å². The van der Waals surface area contributed by atoms with E-state index in [0.717, 1.165) is 43.5 Å². The molecule has 0 aromatic heterocycles. The molecule has 0 amide bonds. The molecule has 0 saturated heterocycles. The third kappa shape index (κ3) is 5.91. The minimum absolute atomic E-state index is 0.769. The van der Waals surface area contributed by atoms with Crippen molar-refractivity contribution < 1.29 is 4.74 Å². The molecular formula is C13H21ClN2O. The van der Waals surface area contributed by atoms with Crippen LogP contribution in [0.4, 0.5) is 5.69 Å². The first-order chi connectivity index (χ1) is 8.26. The summed E-state index contributed by atoms with van der Waals surface area (Å²) in [6.45, 7) is 6.93. The molecule has 0 aliphatic carbocycles. The van der Waals surface area contributed by atoms with Crippen LogP contribution in [0.15, 0.2) is 24.3 Å². The number of hydrogen-bond donors (Lipinski definition) is 1. The smallest absolute Gasteiger partial charge is 0.0589 e. The van der Waals surface area contributed by atoms with Crippen LogP contribution in [0.3, 0.4) is 0 Å². The maximum absolute atomic E-state index is 5.83. The molecule has 0 heterocycles. The maximum atomic E-state index is 5.83. The molecule has 1 rings (SSSR count). The summed E-state index contributed by atoms with van der Waals surface area (Å²) in [5, 5.41) is 4.14. The molecule has 0 saturated carbocycles.